The molecule has 0 unspecified atom stereocenters. The molecule has 1 N–H and O–H groups in total. The van der Waals surface area contributed by atoms with Crippen LogP contribution in [0, 0.1) is 0 Å². The van der Waals surface area contributed by atoms with Gasteiger partial charge >= 0.3 is 0 Å². The lowest BCUT2D eigenvalue weighted by Gasteiger charge is -2.17. The fourth-order valence-electron chi connectivity index (χ4n) is 1.98. The number of likely N-dealkylation sites (N-methyl/N-ethyl adjacent to an activating group) is 1. The maximum atomic E-state index is 12.5. The van der Waals surface area contributed by atoms with Gasteiger partial charge in [-0.05, 0) is 20.0 Å². The molecule has 1 rings (SSSR count). The lowest BCUT2D eigenvalue weighted by Crippen LogP contribution is -2.30. The van der Waals surface area contributed by atoms with E-state index in [-0.39, 0.29) is 0 Å². The van der Waals surface area contributed by atoms with E-state index in [1.54, 1.807) is 18.3 Å². The first-order chi connectivity index (χ1) is 9.01. The summed E-state index contributed by atoms with van der Waals surface area (Å²) in [5.74, 6) is 0. The van der Waals surface area contributed by atoms with Gasteiger partial charge in [0.15, 0.2) is 0 Å². The average Bonchev–Trinajstić information content (AvgIpc) is 2.80. The minimum absolute atomic E-state index is 0.331. The first-order valence-electron chi connectivity index (χ1n) is 6.45. The normalized spacial score (nSPS) is 12.0. The third-order valence-corrected chi connectivity index (χ3v) is 4.89. The van der Waals surface area contributed by atoms with Crippen LogP contribution in [0.15, 0.2) is 29.8 Å². The molecule has 0 atom stereocenters. The molecule has 0 radical (unpaired) electrons. The second-order valence-corrected chi connectivity index (χ2v) is 6.17. The zero-order chi connectivity index (χ0) is 14.5. The highest BCUT2D eigenvalue weighted by atomic mass is 32.2. The van der Waals surface area contributed by atoms with Gasteiger partial charge in [0.25, 0.3) is 0 Å². The molecule has 0 aliphatic rings. The van der Waals surface area contributed by atoms with Gasteiger partial charge in [0.2, 0.25) is 10.0 Å². The predicted octanol–water partition coefficient (Wildman–Crippen LogP) is 1.42. The van der Waals surface area contributed by atoms with Gasteiger partial charge in [-0.25, -0.2) is 8.42 Å². The molecule has 0 amide bonds. The molecule has 0 bridgehead atoms. The largest absolute Gasteiger partial charge is 0.349 e. The number of nitrogens with one attached hydrogen (secondary N) is 1. The van der Waals surface area contributed by atoms with E-state index in [1.165, 1.54) is 4.31 Å². The van der Waals surface area contributed by atoms with Crippen molar-refractivity contribution in [2.75, 3.05) is 20.1 Å². The van der Waals surface area contributed by atoms with Crippen molar-refractivity contribution < 1.29 is 8.42 Å². The van der Waals surface area contributed by atoms with Gasteiger partial charge in [0.1, 0.15) is 4.90 Å². The van der Waals surface area contributed by atoms with Gasteiger partial charge in [-0.2, -0.15) is 4.31 Å². The summed E-state index contributed by atoms with van der Waals surface area (Å²) in [7, 11) is -1.59. The molecule has 1 aromatic heterocycles. The Kier molecular flexibility index (Phi) is 5.78. The van der Waals surface area contributed by atoms with Crippen molar-refractivity contribution in [1.82, 2.24) is 14.2 Å². The molecule has 6 heteroatoms. The van der Waals surface area contributed by atoms with Crippen molar-refractivity contribution in [3.8, 4) is 0 Å². The third-order valence-electron chi connectivity index (χ3n) is 2.98. The quantitative estimate of drug-likeness (QED) is 0.735. The number of aromatic nitrogens is 1. The molecular weight excluding hydrogens is 262 g/mol. The number of nitrogens with zero attached hydrogens (tertiary/aromatic N) is 2. The minimum atomic E-state index is -3.43. The molecule has 0 saturated carbocycles. The Hall–Kier alpha value is -1.11. The molecule has 0 aliphatic heterocycles. The fraction of sp³-hybridized carbons (Fsp3) is 0.538. The van der Waals surface area contributed by atoms with E-state index in [0.717, 1.165) is 12.2 Å². The summed E-state index contributed by atoms with van der Waals surface area (Å²) in [6.07, 6.45) is 3.31. The van der Waals surface area contributed by atoms with Crippen LogP contribution in [0.3, 0.4) is 0 Å². The molecule has 1 aromatic rings. The molecule has 0 spiro atoms. The van der Waals surface area contributed by atoms with Crippen molar-refractivity contribution >= 4 is 10.0 Å². The van der Waals surface area contributed by atoms with Crippen LogP contribution in [0.25, 0.3) is 0 Å². The Morgan fingerprint density at radius 1 is 1.47 bits per heavy atom. The van der Waals surface area contributed by atoms with Crippen LogP contribution >= 0.6 is 0 Å². The van der Waals surface area contributed by atoms with Crippen LogP contribution in [0.5, 0.6) is 0 Å². The van der Waals surface area contributed by atoms with Gasteiger partial charge in [-0.3, -0.25) is 0 Å². The number of rotatable bonds is 8. The number of hydrogen-bond acceptors (Lipinski definition) is 3. The van der Waals surface area contributed by atoms with E-state index in [2.05, 4.69) is 11.9 Å². The average molecular weight is 285 g/mol. The van der Waals surface area contributed by atoms with E-state index in [1.807, 2.05) is 25.5 Å². The second kappa shape index (κ2) is 6.88. The lowest BCUT2D eigenvalue weighted by atomic mass is 10.4. The van der Waals surface area contributed by atoms with Gasteiger partial charge in [-0.15, -0.1) is 6.58 Å². The van der Waals surface area contributed by atoms with Crippen molar-refractivity contribution in [3.63, 3.8) is 0 Å². The number of hydrogen-bond donors (Lipinski definition) is 1. The SMILES string of the molecule is C=CCN(CC)S(=O)(=O)c1cc(CNC)n(CC)c1. The molecule has 1 heterocycles. The van der Waals surface area contributed by atoms with Crippen LogP contribution in [0.2, 0.25) is 0 Å². The monoisotopic (exact) mass is 285 g/mol. The molecule has 108 valence electrons. The second-order valence-electron chi connectivity index (χ2n) is 4.23. The molecule has 0 aromatic carbocycles. The zero-order valence-corrected chi connectivity index (χ0v) is 12.7. The number of aryl methyl sites for hydroxylation is 1. The van der Waals surface area contributed by atoms with Crippen LogP contribution in [-0.4, -0.2) is 37.4 Å². The Balaban J connectivity index is 3.17. The van der Waals surface area contributed by atoms with E-state index in [0.29, 0.717) is 24.5 Å². The van der Waals surface area contributed by atoms with Crippen molar-refractivity contribution in [3.05, 3.63) is 30.6 Å². The highest BCUT2D eigenvalue weighted by molar-refractivity contribution is 7.89. The lowest BCUT2D eigenvalue weighted by molar-refractivity contribution is 0.459. The molecule has 19 heavy (non-hydrogen) atoms. The molecule has 0 aliphatic carbocycles. The maximum Gasteiger partial charge on any atom is 0.244 e. The Bertz CT molecular complexity index is 520. The standard InChI is InChI=1S/C13H23N3O2S/c1-5-8-16(7-3)19(17,18)13-9-12(10-14-4)15(6-2)11-13/h5,9,11,14H,1,6-8,10H2,2-4H3. The van der Waals surface area contributed by atoms with Crippen LogP contribution in [-0.2, 0) is 23.1 Å². The van der Waals surface area contributed by atoms with E-state index in [9.17, 15) is 8.42 Å². The van der Waals surface area contributed by atoms with E-state index in [4.69, 9.17) is 0 Å². The molecule has 0 fully saturated rings. The van der Waals surface area contributed by atoms with Crippen molar-refractivity contribution in [2.45, 2.75) is 31.8 Å². The van der Waals surface area contributed by atoms with E-state index >= 15 is 0 Å². The zero-order valence-electron chi connectivity index (χ0n) is 11.9. The summed E-state index contributed by atoms with van der Waals surface area (Å²) in [5.41, 5.74) is 0.971. The first kappa shape index (κ1) is 15.9. The van der Waals surface area contributed by atoms with Gasteiger partial charge in [0, 0.05) is 38.1 Å². The smallest absolute Gasteiger partial charge is 0.244 e. The minimum Gasteiger partial charge on any atom is -0.349 e. The van der Waals surface area contributed by atoms with Crippen LogP contribution < -0.4 is 5.32 Å². The first-order valence-corrected chi connectivity index (χ1v) is 7.89. The Labute approximate surface area is 116 Å². The molecule has 0 saturated heterocycles. The van der Waals surface area contributed by atoms with Crippen LogP contribution in [0.1, 0.15) is 19.5 Å². The van der Waals surface area contributed by atoms with E-state index < -0.39 is 10.0 Å². The molecule has 5 nitrogen and oxygen atoms in total. The van der Waals surface area contributed by atoms with Gasteiger partial charge in [-0.1, -0.05) is 13.0 Å². The summed E-state index contributed by atoms with van der Waals surface area (Å²) in [5, 5.41) is 3.05. The Morgan fingerprint density at radius 3 is 2.63 bits per heavy atom. The third kappa shape index (κ3) is 3.46. The summed E-state index contributed by atoms with van der Waals surface area (Å²) in [6.45, 7) is 9.59. The summed E-state index contributed by atoms with van der Waals surface area (Å²) >= 11 is 0. The summed E-state index contributed by atoms with van der Waals surface area (Å²) in [6, 6.07) is 1.74. The number of sulfonamides is 1. The summed E-state index contributed by atoms with van der Waals surface area (Å²) in [4.78, 5) is 0.350. The van der Waals surface area contributed by atoms with Crippen molar-refractivity contribution in [2.24, 2.45) is 0 Å². The highest BCUT2D eigenvalue weighted by Gasteiger charge is 2.24. The fourth-order valence-corrected chi connectivity index (χ4v) is 3.47. The highest BCUT2D eigenvalue weighted by Crippen LogP contribution is 2.19. The predicted molar refractivity (Wildman–Crippen MR) is 77.5 cm³/mol. The van der Waals surface area contributed by atoms with Crippen molar-refractivity contribution in [1.29, 1.82) is 0 Å². The van der Waals surface area contributed by atoms with Gasteiger partial charge in [0.05, 0.1) is 0 Å². The van der Waals surface area contributed by atoms with Crippen LogP contribution in [0.4, 0.5) is 0 Å². The molecular formula is C13H23N3O2S. The summed E-state index contributed by atoms with van der Waals surface area (Å²) < 4.78 is 28.3. The topological polar surface area (TPSA) is 54.3 Å². The maximum absolute atomic E-state index is 12.5. The van der Waals surface area contributed by atoms with Gasteiger partial charge < -0.3 is 9.88 Å². The Morgan fingerprint density at radius 2 is 2.16 bits per heavy atom.